The van der Waals surface area contributed by atoms with E-state index in [9.17, 15) is 27.6 Å². The van der Waals surface area contributed by atoms with Crippen LogP contribution >= 0.6 is 11.6 Å². The molecule has 2 bridgehead atoms. The minimum atomic E-state index is -4.63. The predicted octanol–water partition coefficient (Wildman–Crippen LogP) is 4.89. The molecule has 0 aromatic heterocycles. The normalized spacial score (nSPS) is 25.6. The van der Waals surface area contributed by atoms with Crippen molar-refractivity contribution < 1.29 is 27.6 Å². The first-order valence-corrected chi connectivity index (χ1v) is 10.2. The Morgan fingerprint density at radius 3 is 2.57 bits per heavy atom. The van der Waals surface area contributed by atoms with Crippen molar-refractivity contribution in [1.29, 1.82) is 0 Å². The number of nitrogens with one attached hydrogen (secondary N) is 1. The average Bonchev–Trinajstić information content (AvgIpc) is 2.82. The predicted molar refractivity (Wildman–Crippen MR) is 106 cm³/mol. The number of anilines is 1. The first-order chi connectivity index (χ1) is 13.8. The molecule has 2 atom stereocenters. The molecule has 1 heterocycles. The number of amides is 3. The number of carbonyl (C=O) groups excluding carboxylic acids is 3. The summed E-state index contributed by atoms with van der Waals surface area (Å²) in [4.78, 5) is 39.1. The van der Waals surface area contributed by atoms with E-state index in [0.717, 1.165) is 12.1 Å². The molecule has 1 N–H and O–H groups in total. The topological polar surface area (TPSA) is 66.5 Å². The SMILES string of the molecule is CC12CCC(C(=O)N(CCCC(=O)Nc3ccc(Cl)c(C(F)(F)F)c3)C1=O)C2(C)C. The second-order valence-corrected chi connectivity index (χ2v) is 9.19. The van der Waals surface area contributed by atoms with Crippen LogP contribution in [0.5, 0.6) is 0 Å². The molecule has 1 aliphatic heterocycles. The summed E-state index contributed by atoms with van der Waals surface area (Å²) in [5.41, 5.74) is -2.06. The lowest BCUT2D eigenvalue weighted by Gasteiger charge is -2.47. The Morgan fingerprint density at radius 1 is 1.27 bits per heavy atom. The Labute approximate surface area is 177 Å². The fourth-order valence-corrected chi connectivity index (χ4v) is 4.78. The van der Waals surface area contributed by atoms with Crippen LogP contribution in [0.2, 0.25) is 5.02 Å². The molecule has 1 aromatic carbocycles. The van der Waals surface area contributed by atoms with Gasteiger partial charge in [-0.05, 0) is 42.9 Å². The number of likely N-dealkylation sites (tertiary alicyclic amines) is 1. The zero-order valence-corrected chi connectivity index (χ0v) is 17.8. The van der Waals surface area contributed by atoms with E-state index in [0.29, 0.717) is 12.8 Å². The zero-order valence-electron chi connectivity index (χ0n) is 17.0. The van der Waals surface area contributed by atoms with Crippen LogP contribution in [0.25, 0.3) is 0 Å². The van der Waals surface area contributed by atoms with Crippen molar-refractivity contribution in [2.24, 2.45) is 16.7 Å². The van der Waals surface area contributed by atoms with Gasteiger partial charge in [0.25, 0.3) is 0 Å². The molecule has 3 rings (SSSR count). The number of alkyl halides is 3. The molecule has 5 nitrogen and oxygen atoms in total. The van der Waals surface area contributed by atoms with E-state index in [1.165, 1.54) is 11.0 Å². The highest BCUT2D eigenvalue weighted by atomic mass is 35.5. The Bertz CT molecular complexity index is 900. The van der Waals surface area contributed by atoms with E-state index in [-0.39, 0.29) is 42.8 Å². The number of carbonyl (C=O) groups is 3. The number of rotatable bonds is 5. The quantitative estimate of drug-likeness (QED) is 0.657. The molecule has 9 heteroatoms. The molecule has 1 saturated heterocycles. The van der Waals surface area contributed by atoms with E-state index < -0.39 is 33.5 Å². The van der Waals surface area contributed by atoms with Gasteiger partial charge >= 0.3 is 6.18 Å². The fourth-order valence-electron chi connectivity index (χ4n) is 4.55. The van der Waals surface area contributed by atoms with Crippen molar-refractivity contribution in [3.05, 3.63) is 28.8 Å². The summed E-state index contributed by atoms with van der Waals surface area (Å²) >= 11 is 5.57. The first kappa shape index (κ1) is 22.6. The second-order valence-electron chi connectivity index (χ2n) is 8.78. The number of fused-ring (bicyclic) bond motifs is 2. The summed E-state index contributed by atoms with van der Waals surface area (Å²) < 4.78 is 38.8. The molecule has 30 heavy (non-hydrogen) atoms. The van der Waals surface area contributed by atoms with Crippen LogP contribution in [-0.4, -0.2) is 29.2 Å². The summed E-state index contributed by atoms with van der Waals surface area (Å²) in [6.45, 7) is 5.90. The standard InChI is InChI=1S/C21H24ClF3N2O3/c1-19(2)13-8-9-20(19,3)18(30)27(17(13)29)10-4-5-16(28)26-12-6-7-15(22)14(11-12)21(23,24)25/h6-7,11,13H,4-5,8-10H2,1-3H3,(H,26,28). The number of imide groups is 1. The number of benzene rings is 1. The summed E-state index contributed by atoms with van der Waals surface area (Å²) in [6.07, 6.45) is -3.11. The van der Waals surface area contributed by atoms with Crippen LogP contribution in [0, 0.1) is 16.7 Å². The maximum Gasteiger partial charge on any atom is 0.417 e. The van der Waals surface area contributed by atoms with Gasteiger partial charge in [-0.15, -0.1) is 0 Å². The molecule has 0 radical (unpaired) electrons. The van der Waals surface area contributed by atoms with Crippen LogP contribution in [0.15, 0.2) is 18.2 Å². The number of halogens is 4. The molecule has 1 saturated carbocycles. The van der Waals surface area contributed by atoms with Gasteiger partial charge in [0, 0.05) is 24.6 Å². The van der Waals surface area contributed by atoms with Crippen LogP contribution < -0.4 is 5.32 Å². The van der Waals surface area contributed by atoms with Crippen molar-refractivity contribution in [2.75, 3.05) is 11.9 Å². The van der Waals surface area contributed by atoms with Crippen molar-refractivity contribution in [1.82, 2.24) is 4.90 Å². The van der Waals surface area contributed by atoms with Gasteiger partial charge in [0.1, 0.15) is 0 Å². The second kappa shape index (κ2) is 7.55. The van der Waals surface area contributed by atoms with Crippen molar-refractivity contribution >= 4 is 35.0 Å². The Kier molecular flexibility index (Phi) is 5.69. The number of piperidine rings is 1. The molecular weight excluding hydrogens is 421 g/mol. The fraction of sp³-hybridized carbons (Fsp3) is 0.571. The van der Waals surface area contributed by atoms with Gasteiger partial charge in [-0.3, -0.25) is 19.3 Å². The molecule has 164 valence electrons. The van der Waals surface area contributed by atoms with Crippen LogP contribution in [-0.2, 0) is 20.6 Å². The van der Waals surface area contributed by atoms with E-state index in [2.05, 4.69) is 5.32 Å². The molecule has 1 aliphatic carbocycles. The highest BCUT2D eigenvalue weighted by molar-refractivity contribution is 6.31. The monoisotopic (exact) mass is 444 g/mol. The highest BCUT2D eigenvalue weighted by Gasteiger charge is 2.64. The summed E-state index contributed by atoms with van der Waals surface area (Å²) in [6, 6.07) is 3.13. The van der Waals surface area contributed by atoms with Gasteiger partial charge in [0.2, 0.25) is 17.7 Å². The molecule has 2 unspecified atom stereocenters. The van der Waals surface area contributed by atoms with Gasteiger partial charge in [-0.25, -0.2) is 0 Å². The van der Waals surface area contributed by atoms with Gasteiger partial charge in [0.05, 0.1) is 16.0 Å². The van der Waals surface area contributed by atoms with Crippen molar-refractivity contribution in [3.8, 4) is 0 Å². The molecule has 2 aliphatic rings. The smallest absolute Gasteiger partial charge is 0.326 e. The third kappa shape index (κ3) is 3.70. The third-order valence-electron chi connectivity index (χ3n) is 6.85. The number of nitrogens with zero attached hydrogens (tertiary/aromatic N) is 1. The molecular formula is C21H24ClF3N2O3. The molecule has 2 fully saturated rings. The van der Waals surface area contributed by atoms with Gasteiger partial charge < -0.3 is 5.32 Å². The minimum absolute atomic E-state index is 0.0193. The maximum absolute atomic E-state index is 12.9. The highest BCUT2D eigenvalue weighted by Crippen LogP contribution is 2.60. The van der Waals surface area contributed by atoms with E-state index in [1.54, 1.807) is 0 Å². The van der Waals surface area contributed by atoms with Crippen LogP contribution in [0.1, 0.15) is 52.0 Å². The Morgan fingerprint density at radius 2 is 1.93 bits per heavy atom. The zero-order chi connectivity index (χ0) is 22.5. The Balaban J connectivity index is 1.59. The number of hydrogen-bond acceptors (Lipinski definition) is 3. The molecule has 0 spiro atoms. The Hall–Kier alpha value is -2.09. The van der Waals surface area contributed by atoms with Crippen molar-refractivity contribution in [2.45, 2.75) is 52.6 Å². The van der Waals surface area contributed by atoms with E-state index >= 15 is 0 Å². The van der Waals surface area contributed by atoms with Gasteiger partial charge in [-0.1, -0.05) is 32.4 Å². The van der Waals surface area contributed by atoms with E-state index in [1.807, 2.05) is 20.8 Å². The minimum Gasteiger partial charge on any atom is -0.326 e. The lowest BCUT2D eigenvalue weighted by atomic mass is 9.62. The van der Waals surface area contributed by atoms with Crippen LogP contribution in [0.4, 0.5) is 18.9 Å². The first-order valence-electron chi connectivity index (χ1n) is 9.81. The van der Waals surface area contributed by atoms with Gasteiger partial charge in [0.15, 0.2) is 0 Å². The maximum atomic E-state index is 12.9. The lowest BCUT2D eigenvalue weighted by Crippen LogP contribution is -2.59. The summed E-state index contributed by atoms with van der Waals surface area (Å²) in [5, 5.41) is 1.96. The van der Waals surface area contributed by atoms with Crippen molar-refractivity contribution in [3.63, 3.8) is 0 Å². The lowest BCUT2D eigenvalue weighted by molar-refractivity contribution is -0.168. The molecule has 3 amide bonds. The van der Waals surface area contributed by atoms with Gasteiger partial charge in [-0.2, -0.15) is 13.2 Å². The summed E-state index contributed by atoms with van der Waals surface area (Å²) in [5.74, 6) is -1.13. The summed E-state index contributed by atoms with van der Waals surface area (Å²) in [7, 11) is 0. The average molecular weight is 445 g/mol. The molecule has 1 aromatic rings. The largest absolute Gasteiger partial charge is 0.417 e. The number of hydrogen-bond donors (Lipinski definition) is 1. The van der Waals surface area contributed by atoms with E-state index in [4.69, 9.17) is 11.6 Å². The third-order valence-corrected chi connectivity index (χ3v) is 7.18. The van der Waals surface area contributed by atoms with Crippen LogP contribution in [0.3, 0.4) is 0 Å².